The Bertz CT molecular complexity index is 2850. The third-order valence-corrected chi connectivity index (χ3v) is 16.8. The Morgan fingerprint density at radius 1 is 0.627 bits per heavy atom. The van der Waals surface area contributed by atoms with Gasteiger partial charge in [0.25, 0.3) is 11.5 Å². The van der Waals surface area contributed by atoms with Gasteiger partial charge in [0.05, 0.1) is 38.9 Å². The summed E-state index contributed by atoms with van der Waals surface area (Å²) in [6, 6.07) is 37.5. The third-order valence-electron chi connectivity index (χ3n) is 12.8. The van der Waals surface area contributed by atoms with Crippen LogP contribution in [0.3, 0.4) is 0 Å². The van der Waals surface area contributed by atoms with Crippen LogP contribution >= 0.6 is 0 Å². The molecule has 5 nitrogen and oxygen atoms in total. The van der Waals surface area contributed by atoms with Crippen molar-refractivity contribution in [1.29, 1.82) is 0 Å². The molecule has 1 spiro atoms. The van der Waals surface area contributed by atoms with Gasteiger partial charge in [0.1, 0.15) is 16.8 Å². The molecule has 7 heteroatoms. The minimum absolute atomic E-state index is 0.226. The largest absolute Gasteiger partial charge is 0.404 e. The fraction of sp³-hybridized carbons (Fsp3) is 0.227. The van der Waals surface area contributed by atoms with E-state index in [9.17, 15) is 0 Å². The molecule has 0 amide bonds. The van der Waals surface area contributed by atoms with Crippen LogP contribution < -0.4 is 29.1 Å². The summed E-state index contributed by atoms with van der Waals surface area (Å²) >= 11 is 0. The lowest BCUT2D eigenvalue weighted by molar-refractivity contribution is -0.936. The molecule has 5 aliphatic rings. The molecule has 0 saturated carbocycles. The van der Waals surface area contributed by atoms with E-state index in [2.05, 4.69) is 169 Å². The lowest BCUT2D eigenvalue weighted by Gasteiger charge is -2.45. The Kier molecular flexibility index (Phi) is 4.71. The number of pyridine rings is 2. The van der Waals surface area contributed by atoms with Crippen LogP contribution in [-0.4, -0.2) is 20.7 Å². The number of nitrogens with zero attached hydrogens (tertiary/aromatic N) is 4. The highest BCUT2D eigenvalue weighted by molar-refractivity contribution is 6.89. The first kappa shape index (κ1) is 28.7. The minimum atomic E-state index is -1.78. The summed E-state index contributed by atoms with van der Waals surface area (Å²) in [5.41, 5.74) is 13.4. The second-order valence-corrected chi connectivity index (χ2v) is 28.1. The molecule has 5 aliphatic heterocycles. The highest BCUT2D eigenvalue weighted by atomic mass is 28.3. The van der Waals surface area contributed by atoms with E-state index in [4.69, 9.17) is 4.74 Å². The van der Waals surface area contributed by atoms with Crippen molar-refractivity contribution in [2.24, 2.45) is 0 Å². The minimum Gasteiger partial charge on any atom is -0.404 e. The predicted molar refractivity (Wildman–Crippen MR) is 211 cm³/mol. The first-order valence-corrected chi connectivity index (χ1v) is 25.4. The number of hydrogen-bond donors (Lipinski definition) is 0. The third kappa shape index (κ3) is 2.99. The number of hydrogen-bond acceptors (Lipinski definition) is 2. The molecule has 248 valence electrons. The Morgan fingerprint density at radius 2 is 1.31 bits per heavy atom. The van der Waals surface area contributed by atoms with E-state index in [1.54, 1.807) is 0 Å². The van der Waals surface area contributed by atoms with E-state index < -0.39 is 21.8 Å². The molecule has 1 atom stereocenters. The number of fused-ring (bicyclic) bond motifs is 8. The lowest BCUT2D eigenvalue weighted by Crippen LogP contribution is -2.76. The first-order valence-electron chi connectivity index (χ1n) is 18.4. The Morgan fingerprint density at radius 3 is 2.10 bits per heavy atom. The van der Waals surface area contributed by atoms with Gasteiger partial charge in [-0.2, -0.15) is 4.90 Å². The topological polar surface area (TPSA) is 25.2 Å². The second kappa shape index (κ2) is 8.38. The molecule has 4 aromatic carbocycles. The van der Waals surface area contributed by atoms with E-state index in [-0.39, 0.29) is 5.41 Å². The summed E-state index contributed by atoms with van der Waals surface area (Å²) < 4.78 is 15.1. The van der Waals surface area contributed by atoms with Crippen molar-refractivity contribution in [3.8, 4) is 28.7 Å². The van der Waals surface area contributed by atoms with Gasteiger partial charge in [-0.05, 0) is 46.8 Å². The number of para-hydroxylation sites is 2. The maximum absolute atomic E-state index is 7.18. The van der Waals surface area contributed by atoms with Crippen molar-refractivity contribution in [3.63, 3.8) is 0 Å². The molecule has 0 fully saturated rings. The van der Waals surface area contributed by atoms with Gasteiger partial charge in [-0.15, -0.1) is 9.13 Å². The van der Waals surface area contributed by atoms with Crippen LogP contribution in [0.25, 0.3) is 38.9 Å². The van der Waals surface area contributed by atoms with Crippen LogP contribution in [0.1, 0.15) is 36.1 Å². The summed E-state index contributed by atoms with van der Waals surface area (Å²) in [6.07, 6.45) is 0. The molecule has 0 bridgehead atoms. The molecule has 8 heterocycles. The van der Waals surface area contributed by atoms with Crippen molar-refractivity contribution in [2.45, 2.75) is 64.2 Å². The summed E-state index contributed by atoms with van der Waals surface area (Å²) in [5, 5.41) is 5.51. The molecule has 0 saturated heterocycles. The maximum Gasteiger partial charge on any atom is 0.378 e. The summed E-state index contributed by atoms with van der Waals surface area (Å²) in [4.78, 5) is 2.65. The molecule has 1 unspecified atom stereocenters. The first-order chi connectivity index (χ1) is 24.3. The number of aromatic nitrogens is 3. The second-order valence-electron chi connectivity index (χ2n) is 17.9. The van der Waals surface area contributed by atoms with E-state index in [0.717, 1.165) is 11.6 Å². The van der Waals surface area contributed by atoms with Crippen molar-refractivity contribution in [1.82, 2.24) is 4.57 Å². The number of anilines is 3. The van der Waals surface area contributed by atoms with Crippen LogP contribution in [0.15, 0.2) is 97.1 Å². The van der Waals surface area contributed by atoms with Crippen molar-refractivity contribution < 1.29 is 13.9 Å². The van der Waals surface area contributed by atoms with Crippen LogP contribution in [0.2, 0.25) is 39.3 Å². The number of ether oxygens (including phenoxy) is 1. The molecule has 3 aromatic heterocycles. The van der Waals surface area contributed by atoms with Gasteiger partial charge in [0, 0.05) is 39.4 Å². The highest BCUT2D eigenvalue weighted by Gasteiger charge is 2.73. The standard InChI is InChI=1S/C44H40N4OSi2/c1-43(2)29-15-10-12-17-32(29)46-37-22-25(50(3,4)5)20-34-35-21-26(51(6,7)8)23-38-48(35)44(47(34)37)39-33(18-13-19-36(39)49-38)45-31-16-11-9-14-27(31)28-24-30(43)42(46)40(44)41(28)45/h9-24H,1-8H3/q+2. The molecule has 51 heavy (non-hydrogen) atoms. The fourth-order valence-corrected chi connectivity index (χ4v) is 12.6. The molecule has 0 aliphatic carbocycles. The number of benzene rings is 4. The van der Waals surface area contributed by atoms with Gasteiger partial charge in [-0.25, -0.2) is 0 Å². The molecule has 12 rings (SSSR count). The Balaban J connectivity index is 1.42. The van der Waals surface area contributed by atoms with Gasteiger partial charge < -0.3 is 9.30 Å². The highest BCUT2D eigenvalue weighted by Crippen LogP contribution is 2.64. The van der Waals surface area contributed by atoms with Crippen molar-refractivity contribution in [2.75, 3.05) is 4.90 Å². The van der Waals surface area contributed by atoms with E-state index in [1.807, 2.05) is 0 Å². The summed E-state index contributed by atoms with van der Waals surface area (Å²) in [6.45, 7) is 19.7. The maximum atomic E-state index is 7.18. The van der Waals surface area contributed by atoms with Crippen molar-refractivity contribution in [3.05, 3.63) is 119 Å². The molecular formula is C44H40N4OSi2+2. The average Bonchev–Trinajstić information content (AvgIpc) is 3.58. The van der Waals surface area contributed by atoms with Gasteiger partial charge in [-0.3, -0.25) is 0 Å². The fourth-order valence-electron chi connectivity index (χ4n) is 10.3. The number of rotatable bonds is 2. The van der Waals surface area contributed by atoms with Gasteiger partial charge in [-0.1, -0.05) is 95.6 Å². The van der Waals surface area contributed by atoms with Gasteiger partial charge >= 0.3 is 11.5 Å². The molecule has 0 radical (unpaired) electrons. The van der Waals surface area contributed by atoms with Crippen LogP contribution in [0.5, 0.6) is 11.6 Å². The lowest BCUT2D eigenvalue weighted by atomic mass is 9.69. The monoisotopic (exact) mass is 696 g/mol. The zero-order valence-corrected chi connectivity index (χ0v) is 32.4. The molecule has 0 N–H and O–H groups in total. The van der Waals surface area contributed by atoms with Crippen LogP contribution in [0.4, 0.5) is 17.2 Å². The Labute approximate surface area is 300 Å². The summed E-state index contributed by atoms with van der Waals surface area (Å²) in [5.74, 6) is 3.14. The molecular weight excluding hydrogens is 657 g/mol. The van der Waals surface area contributed by atoms with Gasteiger partial charge in [0.2, 0.25) is 5.69 Å². The van der Waals surface area contributed by atoms with Crippen LogP contribution in [0, 0.1) is 0 Å². The molecule has 7 aromatic rings. The van der Waals surface area contributed by atoms with Crippen molar-refractivity contribution >= 4 is 65.5 Å². The smallest absolute Gasteiger partial charge is 0.378 e. The quantitative estimate of drug-likeness (QED) is 0.134. The zero-order valence-electron chi connectivity index (χ0n) is 30.4. The SMILES string of the molecule is CC1(C)c2ccccc2N2c3c1cc1c4ccccc4n4c1c3C13c5c(cccc5-4)Oc4cc([Si](C)(C)C)cc([n+]41)-c1cc([Si](C)(C)C)cc2[n+]13. The zero-order chi connectivity index (χ0) is 34.7. The van der Waals surface area contributed by atoms with E-state index in [1.165, 1.54) is 88.7 Å². The normalized spacial score (nSPS) is 18.9. The Hall–Kier alpha value is -4.99. The predicted octanol–water partition coefficient (Wildman–Crippen LogP) is 8.57. The van der Waals surface area contributed by atoms with Gasteiger partial charge in [0.15, 0.2) is 11.4 Å². The van der Waals surface area contributed by atoms with Crippen LogP contribution in [-0.2, 0) is 11.1 Å². The average molecular weight is 697 g/mol. The summed E-state index contributed by atoms with van der Waals surface area (Å²) in [7, 11) is -3.52. The van der Waals surface area contributed by atoms with E-state index in [0.29, 0.717) is 0 Å². The van der Waals surface area contributed by atoms with E-state index >= 15 is 0 Å².